The maximum absolute atomic E-state index is 11.9. The van der Waals surface area contributed by atoms with Crippen molar-refractivity contribution >= 4 is 44.5 Å². The number of carbonyl (C=O) groups is 1. The van der Waals surface area contributed by atoms with Crippen LogP contribution < -0.4 is 11.1 Å². The Morgan fingerprint density at radius 2 is 2.25 bits per heavy atom. The van der Waals surface area contributed by atoms with Gasteiger partial charge >= 0.3 is 0 Å². The molecular weight excluding hydrogens is 336 g/mol. The van der Waals surface area contributed by atoms with E-state index in [1.807, 2.05) is 25.1 Å². The van der Waals surface area contributed by atoms with Crippen LogP contribution in [0.3, 0.4) is 0 Å². The second-order valence-electron chi connectivity index (χ2n) is 4.67. The maximum atomic E-state index is 11.9. The van der Waals surface area contributed by atoms with Crippen LogP contribution in [0.5, 0.6) is 0 Å². The topological polar surface area (TPSA) is 55.1 Å². The molecule has 0 radical (unpaired) electrons. The van der Waals surface area contributed by atoms with Gasteiger partial charge in [-0.1, -0.05) is 22.0 Å². The molecule has 3 N–H and O–H groups in total. The predicted octanol–water partition coefficient (Wildman–Crippen LogP) is 4.36. The number of anilines is 2. The lowest BCUT2D eigenvalue weighted by Crippen LogP contribution is -2.13. The van der Waals surface area contributed by atoms with Crippen LogP contribution in [0.15, 0.2) is 34.1 Å². The van der Waals surface area contributed by atoms with Crippen LogP contribution >= 0.6 is 27.3 Å². The Bertz CT molecular complexity index is 596. The van der Waals surface area contributed by atoms with Crippen molar-refractivity contribution in [2.75, 3.05) is 11.1 Å². The number of benzene rings is 1. The molecule has 2 rings (SSSR count). The van der Waals surface area contributed by atoms with Gasteiger partial charge in [0.05, 0.1) is 11.4 Å². The Kier molecular flexibility index (Phi) is 5.20. The molecule has 106 valence electrons. The molecule has 0 aliphatic carbocycles. The lowest BCUT2D eigenvalue weighted by Gasteiger charge is -2.11. The van der Waals surface area contributed by atoms with Gasteiger partial charge in [0.25, 0.3) is 0 Å². The molecule has 0 saturated heterocycles. The molecule has 3 nitrogen and oxygen atoms in total. The number of halogens is 1. The van der Waals surface area contributed by atoms with Crippen molar-refractivity contribution in [2.45, 2.75) is 26.2 Å². The molecule has 1 aromatic carbocycles. The number of rotatable bonds is 5. The molecule has 0 unspecified atom stereocenters. The summed E-state index contributed by atoms with van der Waals surface area (Å²) in [5, 5.41) is 4.94. The SMILES string of the molecule is Cc1cc(Br)cc(NC(=O)CCCc2cccs2)c1N. The number of aryl methyl sites for hydroxylation is 2. The Hall–Kier alpha value is -1.33. The number of nitrogens with one attached hydrogen (secondary N) is 1. The van der Waals surface area contributed by atoms with Crippen LogP contribution in [0.1, 0.15) is 23.3 Å². The van der Waals surface area contributed by atoms with E-state index in [-0.39, 0.29) is 5.91 Å². The molecule has 5 heteroatoms. The van der Waals surface area contributed by atoms with E-state index in [1.165, 1.54) is 4.88 Å². The molecule has 0 aliphatic heterocycles. The molecule has 0 spiro atoms. The first-order valence-corrected chi connectivity index (χ1v) is 8.11. The molecule has 0 bridgehead atoms. The van der Waals surface area contributed by atoms with Crippen molar-refractivity contribution < 1.29 is 4.79 Å². The van der Waals surface area contributed by atoms with E-state index >= 15 is 0 Å². The molecule has 2 aromatic rings. The van der Waals surface area contributed by atoms with Gasteiger partial charge in [-0.3, -0.25) is 4.79 Å². The van der Waals surface area contributed by atoms with E-state index in [4.69, 9.17) is 5.73 Å². The fourth-order valence-corrected chi connectivity index (χ4v) is 3.27. The van der Waals surface area contributed by atoms with Crippen molar-refractivity contribution in [1.82, 2.24) is 0 Å². The zero-order chi connectivity index (χ0) is 14.5. The minimum Gasteiger partial charge on any atom is -0.397 e. The van der Waals surface area contributed by atoms with E-state index in [9.17, 15) is 4.79 Å². The van der Waals surface area contributed by atoms with Crippen molar-refractivity contribution in [3.05, 3.63) is 44.6 Å². The first-order valence-electron chi connectivity index (χ1n) is 6.44. The van der Waals surface area contributed by atoms with Crippen LogP contribution in [0.4, 0.5) is 11.4 Å². The van der Waals surface area contributed by atoms with Gasteiger partial charge in [0.2, 0.25) is 5.91 Å². The average Bonchev–Trinajstić information content (AvgIpc) is 2.88. The average molecular weight is 353 g/mol. The van der Waals surface area contributed by atoms with Crippen LogP contribution in [-0.2, 0) is 11.2 Å². The number of carbonyl (C=O) groups excluding carboxylic acids is 1. The van der Waals surface area contributed by atoms with E-state index < -0.39 is 0 Å². The first kappa shape index (κ1) is 15.1. The summed E-state index contributed by atoms with van der Waals surface area (Å²) >= 11 is 5.14. The summed E-state index contributed by atoms with van der Waals surface area (Å²) in [5.74, 6) is 0.00533. The zero-order valence-electron chi connectivity index (χ0n) is 11.3. The largest absolute Gasteiger partial charge is 0.397 e. The molecule has 1 aromatic heterocycles. The predicted molar refractivity (Wildman–Crippen MR) is 89.2 cm³/mol. The van der Waals surface area contributed by atoms with Crippen LogP contribution in [-0.4, -0.2) is 5.91 Å². The Balaban J connectivity index is 1.88. The molecule has 0 atom stereocenters. The summed E-state index contributed by atoms with van der Waals surface area (Å²) in [6.45, 7) is 1.92. The summed E-state index contributed by atoms with van der Waals surface area (Å²) in [6.07, 6.45) is 2.29. The van der Waals surface area contributed by atoms with E-state index in [2.05, 4.69) is 32.7 Å². The fourth-order valence-electron chi connectivity index (χ4n) is 1.95. The van der Waals surface area contributed by atoms with Gasteiger partial charge < -0.3 is 11.1 Å². The van der Waals surface area contributed by atoms with Crippen molar-refractivity contribution in [1.29, 1.82) is 0 Å². The molecule has 1 amide bonds. The lowest BCUT2D eigenvalue weighted by atomic mass is 10.1. The number of nitrogen functional groups attached to an aromatic ring is 1. The van der Waals surface area contributed by atoms with Gasteiger partial charge in [0, 0.05) is 15.8 Å². The molecule has 0 fully saturated rings. The van der Waals surface area contributed by atoms with Gasteiger partial charge in [-0.15, -0.1) is 11.3 Å². The van der Waals surface area contributed by atoms with Gasteiger partial charge in [-0.2, -0.15) is 0 Å². The van der Waals surface area contributed by atoms with Crippen LogP contribution in [0.25, 0.3) is 0 Å². The minimum atomic E-state index is 0.00533. The highest BCUT2D eigenvalue weighted by Gasteiger charge is 2.08. The Morgan fingerprint density at radius 3 is 2.95 bits per heavy atom. The quantitative estimate of drug-likeness (QED) is 0.785. The number of thiophene rings is 1. The zero-order valence-corrected chi connectivity index (χ0v) is 13.7. The number of amides is 1. The number of hydrogen-bond acceptors (Lipinski definition) is 3. The van der Waals surface area contributed by atoms with E-state index in [0.29, 0.717) is 17.8 Å². The minimum absolute atomic E-state index is 0.00533. The maximum Gasteiger partial charge on any atom is 0.224 e. The fraction of sp³-hybridized carbons (Fsp3) is 0.267. The molecular formula is C15H17BrN2OS. The normalized spacial score (nSPS) is 10.5. The Labute approximate surface area is 131 Å². The standard InChI is InChI=1S/C15H17BrN2OS/c1-10-8-11(16)9-13(15(10)17)18-14(19)6-2-4-12-5-3-7-20-12/h3,5,7-9H,2,4,6,17H2,1H3,(H,18,19). The molecule has 1 heterocycles. The third-order valence-corrected chi connectivity index (χ3v) is 4.43. The highest BCUT2D eigenvalue weighted by atomic mass is 79.9. The smallest absolute Gasteiger partial charge is 0.224 e. The number of hydrogen-bond donors (Lipinski definition) is 2. The number of nitrogens with two attached hydrogens (primary N) is 1. The Morgan fingerprint density at radius 1 is 1.45 bits per heavy atom. The van der Waals surface area contributed by atoms with Gasteiger partial charge in [-0.25, -0.2) is 0 Å². The molecule has 0 saturated carbocycles. The van der Waals surface area contributed by atoms with Crippen molar-refractivity contribution in [2.24, 2.45) is 0 Å². The van der Waals surface area contributed by atoms with Crippen LogP contribution in [0, 0.1) is 6.92 Å². The summed E-state index contributed by atoms with van der Waals surface area (Å²) in [7, 11) is 0. The summed E-state index contributed by atoms with van der Waals surface area (Å²) in [6, 6.07) is 7.89. The summed E-state index contributed by atoms with van der Waals surface area (Å²) in [4.78, 5) is 13.3. The van der Waals surface area contributed by atoms with Gasteiger partial charge in [0.1, 0.15) is 0 Å². The highest BCUT2D eigenvalue weighted by molar-refractivity contribution is 9.10. The summed E-state index contributed by atoms with van der Waals surface area (Å²) < 4.78 is 0.915. The third kappa shape index (κ3) is 4.08. The molecule has 20 heavy (non-hydrogen) atoms. The summed E-state index contributed by atoms with van der Waals surface area (Å²) in [5.41, 5.74) is 8.23. The van der Waals surface area contributed by atoms with Gasteiger partial charge in [-0.05, 0) is 48.9 Å². The lowest BCUT2D eigenvalue weighted by molar-refractivity contribution is -0.116. The van der Waals surface area contributed by atoms with Crippen LogP contribution in [0.2, 0.25) is 0 Å². The van der Waals surface area contributed by atoms with Gasteiger partial charge in [0.15, 0.2) is 0 Å². The van der Waals surface area contributed by atoms with Crippen molar-refractivity contribution in [3.8, 4) is 0 Å². The van der Waals surface area contributed by atoms with E-state index in [1.54, 1.807) is 11.3 Å². The van der Waals surface area contributed by atoms with Crippen molar-refractivity contribution in [3.63, 3.8) is 0 Å². The van der Waals surface area contributed by atoms with E-state index in [0.717, 1.165) is 22.9 Å². The molecule has 0 aliphatic rings. The highest BCUT2D eigenvalue weighted by Crippen LogP contribution is 2.27. The second kappa shape index (κ2) is 6.90. The second-order valence-corrected chi connectivity index (χ2v) is 6.61. The monoisotopic (exact) mass is 352 g/mol. The first-order chi connectivity index (χ1) is 9.56. The third-order valence-electron chi connectivity index (χ3n) is 3.03.